The van der Waals surface area contributed by atoms with Crippen molar-refractivity contribution in [2.75, 3.05) is 17.1 Å². The summed E-state index contributed by atoms with van der Waals surface area (Å²) >= 11 is 0. The van der Waals surface area contributed by atoms with Gasteiger partial charge in [0.05, 0.1) is 11.9 Å². The van der Waals surface area contributed by atoms with Crippen molar-refractivity contribution < 1.29 is 18.0 Å². The number of hydrogen-bond acceptors (Lipinski definition) is 4. The molecule has 0 unspecified atom stereocenters. The lowest BCUT2D eigenvalue weighted by molar-refractivity contribution is -0.141. The number of carbonyl (C=O) groups excluding carboxylic acids is 2. The first-order valence-electron chi connectivity index (χ1n) is 13.7. The lowest BCUT2D eigenvalue weighted by Crippen LogP contribution is -2.50. The Hall–Kier alpha value is -2.87. The summed E-state index contributed by atoms with van der Waals surface area (Å²) in [6.07, 6.45) is 7.06. The highest BCUT2D eigenvalue weighted by atomic mass is 32.2. The number of anilines is 1. The van der Waals surface area contributed by atoms with Gasteiger partial charge in [-0.15, -0.1) is 0 Å². The summed E-state index contributed by atoms with van der Waals surface area (Å²) in [6, 6.07) is 13.0. The molecule has 1 aliphatic carbocycles. The molecule has 3 rings (SSSR count). The second-order valence-electron chi connectivity index (χ2n) is 10.7. The minimum atomic E-state index is -3.52. The quantitative estimate of drug-likeness (QED) is 0.433. The van der Waals surface area contributed by atoms with Gasteiger partial charge >= 0.3 is 0 Å². The zero-order valence-corrected chi connectivity index (χ0v) is 24.3. The Morgan fingerprint density at radius 1 is 1.00 bits per heavy atom. The zero-order chi connectivity index (χ0) is 27.9. The van der Waals surface area contributed by atoms with E-state index in [2.05, 4.69) is 5.32 Å². The molecule has 1 aliphatic rings. The first kappa shape index (κ1) is 29.7. The molecule has 8 heteroatoms. The molecule has 38 heavy (non-hydrogen) atoms. The molecule has 0 radical (unpaired) electrons. The number of benzene rings is 2. The van der Waals surface area contributed by atoms with E-state index in [4.69, 9.17) is 0 Å². The molecule has 208 valence electrons. The van der Waals surface area contributed by atoms with E-state index < -0.39 is 16.1 Å². The Balaban J connectivity index is 1.72. The normalized spacial score (nSPS) is 15.1. The van der Waals surface area contributed by atoms with Crippen molar-refractivity contribution in [3.05, 3.63) is 64.7 Å². The van der Waals surface area contributed by atoms with E-state index in [1.165, 1.54) is 17.0 Å². The Labute approximate surface area is 228 Å². The van der Waals surface area contributed by atoms with Gasteiger partial charge in [-0.2, -0.15) is 0 Å². The third-order valence-corrected chi connectivity index (χ3v) is 8.68. The second kappa shape index (κ2) is 13.3. The predicted octanol–water partition coefficient (Wildman–Crippen LogP) is 5.02. The van der Waals surface area contributed by atoms with Gasteiger partial charge in [0.2, 0.25) is 21.8 Å². The van der Waals surface area contributed by atoms with Crippen LogP contribution in [0.25, 0.3) is 0 Å². The van der Waals surface area contributed by atoms with E-state index >= 15 is 0 Å². The van der Waals surface area contributed by atoms with Crippen molar-refractivity contribution in [2.24, 2.45) is 0 Å². The van der Waals surface area contributed by atoms with E-state index in [1.54, 1.807) is 17.9 Å². The number of amides is 2. The largest absolute Gasteiger partial charge is 0.352 e. The highest BCUT2D eigenvalue weighted by molar-refractivity contribution is 7.92. The Kier molecular flexibility index (Phi) is 10.4. The Morgan fingerprint density at radius 3 is 2.34 bits per heavy atom. The van der Waals surface area contributed by atoms with Crippen molar-refractivity contribution in [3.8, 4) is 0 Å². The average molecular weight is 542 g/mol. The minimum absolute atomic E-state index is 0.134. The number of nitrogens with zero attached hydrogens (tertiary/aromatic N) is 2. The van der Waals surface area contributed by atoms with Crippen molar-refractivity contribution in [2.45, 2.75) is 91.3 Å². The van der Waals surface area contributed by atoms with Crippen LogP contribution in [0.3, 0.4) is 0 Å². The second-order valence-corrected chi connectivity index (χ2v) is 12.6. The van der Waals surface area contributed by atoms with Gasteiger partial charge in [-0.05, 0) is 75.8 Å². The maximum Gasteiger partial charge on any atom is 0.242 e. The van der Waals surface area contributed by atoms with Crippen LogP contribution in [-0.4, -0.2) is 50.0 Å². The van der Waals surface area contributed by atoms with Crippen LogP contribution in [-0.2, 0) is 26.2 Å². The standard InChI is InChI=1S/C30H43N3O4S/c1-22-11-9-12-26(19-22)21-32(25(4)30(35)31-27-13-7-6-8-14-27)29(34)15-10-18-33(38(5,36)37)28-17-16-23(2)24(3)20-28/h9,11-12,16-17,19-20,25,27H,6-8,10,13-15,18,21H2,1-5H3,(H,31,35)/t25-/m0/s1. The average Bonchev–Trinajstić information content (AvgIpc) is 2.86. The van der Waals surface area contributed by atoms with Crippen LogP contribution in [0.15, 0.2) is 42.5 Å². The van der Waals surface area contributed by atoms with Crippen molar-refractivity contribution in [3.63, 3.8) is 0 Å². The topological polar surface area (TPSA) is 86.8 Å². The summed E-state index contributed by atoms with van der Waals surface area (Å²) in [7, 11) is -3.52. The number of hydrogen-bond donors (Lipinski definition) is 1. The monoisotopic (exact) mass is 541 g/mol. The fourth-order valence-corrected chi connectivity index (χ4v) is 6.00. The van der Waals surface area contributed by atoms with Crippen LogP contribution in [0.2, 0.25) is 0 Å². The van der Waals surface area contributed by atoms with Crippen LogP contribution in [0.5, 0.6) is 0 Å². The lowest BCUT2D eigenvalue weighted by atomic mass is 9.95. The smallest absolute Gasteiger partial charge is 0.242 e. The molecule has 0 bridgehead atoms. The van der Waals surface area contributed by atoms with Crippen molar-refractivity contribution >= 4 is 27.5 Å². The number of rotatable bonds is 11. The number of aryl methyl sites for hydroxylation is 3. The summed E-state index contributed by atoms with van der Waals surface area (Å²) in [5, 5.41) is 3.16. The van der Waals surface area contributed by atoms with Gasteiger partial charge in [0.1, 0.15) is 6.04 Å². The highest BCUT2D eigenvalue weighted by Crippen LogP contribution is 2.23. The number of nitrogens with one attached hydrogen (secondary N) is 1. The van der Waals surface area contributed by atoms with Crippen molar-refractivity contribution in [1.82, 2.24) is 10.2 Å². The van der Waals surface area contributed by atoms with E-state index in [0.717, 1.165) is 47.9 Å². The van der Waals surface area contributed by atoms with Gasteiger partial charge < -0.3 is 10.2 Å². The molecule has 1 saturated carbocycles. The fraction of sp³-hybridized carbons (Fsp3) is 0.533. The predicted molar refractivity (Wildman–Crippen MR) is 154 cm³/mol. The Morgan fingerprint density at radius 2 is 1.71 bits per heavy atom. The molecular weight excluding hydrogens is 498 g/mol. The molecule has 0 spiro atoms. The summed E-state index contributed by atoms with van der Waals surface area (Å²) < 4.78 is 26.5. The summed E-state index contributed by atoms with van der Waals surface area (Å²) in [5.41, 5.74) is 4.74. The van der Waals surface area contributed by atoms with Gasteiger partial charge in [0, 0.05) is 25.6 Å². The van der Waals surface area contributed by atoms with Crippen LogP contribution < -0.4 is 9.62 Å². The number of sulfonamides is 1. The summed E-state index contributed by atoms with van der Waals surface area (Å²) in [5.74, 6) is -0.294. The maximum atomic E-state index is 13.5. The van der Waals surface area contributed by atoms with E-state index in [1.807, 2.05) is 57.2 Å². The minimum Gasteiger partial charge on any atom is -0.352 e. The van der Waals surface area contributed by atoms with Gasteiger partial charge in [0.25, 0.3) is 0 Å². The van der Waals surface area contributed by atoms with Gasteiger partial charge in [-0.3, -0.25) is 13.9 Å². The third kappa shape index (κ3) is 8.32. The molecular formula is C30H43N3O4S. The highest BCUT2D eigenvalue weighted by Gasteiger charge is 2.28. The molecule has 0 aliphatic heterocycles. The maximum absolute atomic E-state index is 13.5. The van der Waals surface area contributed by atoms with Crippen LogP contribution >= 0.6 is 0 Å². The molecule has 2 aromatic rings. The van der Waals surface area contributed by atoms with E-state index in [9.17, 15) is 18.0 Å². The molecule has 2 aromatic carbocycles. The Bertz CT molecular complexity index is 1220. The van der Waals surface area contributed by atoms with Gasteiger partial charge in [-0.25, -0.2) is 8.42 Å². The summed E-state index contributed by atoms with van der Waals surface area (Å²) in [6.45, 7) is 8.23. The first-order chi connectivity index (χ1) is 18.0. The van der Waals surface area contributed by atoms with Crippen LogP contribution in [0, 0.1) is 20.8 Å². The van der Waals surface area contributed by atoms with E-state index in [0.29, 0.717) is 18.7 Å². The third-order valence-electron chi connectivity index (χ3n) is 7.48. The molecule has 1 atom stereocenters. The van der Waals surface area contributed by atoms with Gasteiger partial charge in [-0.1, -0.05) is 55.2 Å². The molecule has 2 amide bonds. The first-order valence-corrected chi connectivity index (χ1v) is 15.5. The van der Waals surface area contributed by atoms with Gasteiger partial charge in [0.15, 0.2) is 0 Å². The van der Waals surface area contributed by atoms with E-state index in [-0.39, 0.29) is 30.8 Å². The lowest BCUT2D eigenvalue weighted by Gasteiger charge is -2.31. The van der Waals surface area contributed by atoms with Crippen LogP contribution in [0.1, 0.15) is 74.1 Å². The number of carbonyl (C=O) groups is 2. The zero-order valence-electron chi connectivity index (χ0n) is 23.5. The van der Waals surface area contributed by atoms with Crippen molar-refractivity contribution in [1.29, 1.82) is 0 Å². The summed E-state index contributed by atoms with van der Waals surface area (Å²) in [4.78, 5) is 28.3. The SMILES string of the molecule is Cc1cccc(CN(C(=O)CCCN(c2ccc(C)c(C)c2)S(C)(=O)=O)[C@@H](C)C(=O)NC2CCCCC2)c1. The molecule has 7 nitrogen and oxygen atoms in total. The molecule has 0 heterocycles. The van der Waals surface area contributed by atoms with Crippen LogP contribution in [0.4, 0.5) is 5.69 Å². The molecule has 1 fully saturated rings. The fourth-order valence-electron chi connectivity index (χ4n) is 5.04. The molecule has 1 N–H and O–H groups in total. The molecule has 0 aromatic heterocycles. The molecule has 0 saturated heterocycles.